The molecule has 0 saturated carbocycles. The molecule has 11 heavy (non-hydrogen) atoms. The summed E-state index contributed by atoms with van der Waals surface area (Å²) in [5.41, 5.74) is 0. The van der Waals surface area contributed by atoms with Crippen LogP contribution in [0, 0.1) is 0 Å². The van der Waals surface area contributed by atoms with Crippen LogP contribution in [0.3, 0.4) is 0 Å². The van der Waals surface area contributed by atoms with Crippen LogP contribution >= 0.6 is 0 Å². The third kappa shape index (κ3) is 2.77. The van der Waals surface area contributed by atoms with Crippen molar-refractivity contribution in [1.29, 1.82) is 0 Å². The number of aliphatic hydroxyl groups is 1. The summed E-state index contributed by atoms with van der Waals surface area (Å²) in [6.45, 7) is 2.78. The summed E-state index contributed by atoms with van der Waals surface area (Å²) in [7, 11) is 1.69. The number of piperidine rings is 1. The van der Waals surface area contributed by atoms with Gasteiger partial charge < -0.3 is 15.2 Å². The Morgan fingerprint density at radius 1 is 1.55 bits per heavy atom. The molecule has 0 aromatic rings. The molecule has 0 aromatic carbocycles. The van der Waals surface area contributed by atoms with Gasteiger partial charge in [-0.2, -0.15) is 0 Å². The second-order valence-corrected chi connectivity index (χ2v) is 3.35. The first kappa shape index (κ1) is 8.97. The largest absolute Gasteiger partial charge is 0.393 e. The van der Waals surface area contributed by atoms with Crippen LogP contribution in [0.25, 0.3) is 0 Å². The highest BCUT2D eigenvalue weighted by atomic mass is 16.5. The Hall–Kier alpha value is -0.120. The number of methoxy groups -OCH3 is 1. The number of rotatable bonds is 2. The van der Waals surface area contributed by atoms with Crippen LogP contribution in [0.15, 0.2) is 0 Å². The summed E-state index contributed by atoms with van der Waals surface area (Å²) in [4.78, 5) is 0. The topological polar surface area (TPSA) is 41.5 Å². The van der Waals surface area contributed by atoms with Gasteiger partial charge >= 0.3 is 0 Å². The van der Waals surface area contributed by atoms with E-state index in [1.165, 1.54) is 0 Å². The Balaban J connectivity index is 2.30. The molecule has 0 bridgehead atoms. The molecular formula is C8H17NO2. The van der Waals surface area contributed by atoms with Gasteiger partial charge in [0.2, 0.25) is 0 Å². The summed E-state index contributed by atoms with van der Waals surface area (Å²) in [5, 5.41) is 12.7. The Morgan fingerprint density at radius 3 is 2.82 bits per heavy atom. The third-order valence-corrected chi connectivity index (χ3v) is 2.07. The lowest BCUT2D eigenvalue weighted by Gasteiger charge is -2.31. The predicted octanol–water partition coefficient (Wildman–Crippen LogP) is 0.134. The zero-order chi connectivity index (χ0) is 8.27. The van der Waals surface area contributed by atoms with Crippen molar-refractivity contribution in [1.82, 2.24) is 5.32 Å². The number of aliphatic hydroxyl groups excluding tert-OH is 1. The second kappa shape index (κ2) is 4.04. The molecule has 3 unspecified atom stereocenters. The summed E-state index contributed by atoms with van der Waals surface area (Å²) in [6, 6.07) is 0.748. The normalized spacial score (nSPS) is 39.0. The molecule has 3 atom stereocenters. The molecule has 3 heteroatoms. The van der Waals surface area contributed by atoms with Crippen molar-refractivity contribution in [2.24, 2.45) is 0 Å². The van der Waals surface area contributed by atoms with Gasteiger partial charge in [0.05, 0.1) is 12.7 Å². The number of ether oxygens (including phenoxy) is 1. The zero-order valence-corrected chi connectivity index (χ0v) is 7.21. The van der Waals surface area contributed by atoms with Gasteiger partial charge in [-0.05, 0) is 19.8 Å². The summed E-state index contributed by atoms with van der Waals surface area (Å²) < 4.78 is 5.00. The first-order valence-electron chi connectivity index (χ1n) is 4.15. The van der Waals surface area contributed by atoms with Crippen LogP contribution in [-0.4, -0.2) is 37.0 Å². The van der Waals surface area contributed by atoms with Crippen LogP contribution in [-0.2, 0) is 4.74 Å². The highest BCUT2D eigenvalue weighted by molar-refractivity contribution is 4.82. The van der Waals surface area contributed by atoms with E-state index in [1.54, 1.807) is 7.11 Å². The monoisotopic (exact) mass is 159 g/mol. The minimum absolute atomic E-state index is 0.147. The Morgan fingerprint density at radius 2 is 2.27 bits per heavy atom. The van der Waals surface area contributed by atoms with E-state index >= 15 is 0 Å². The maximum Gasteiger partial charge on any atom is 0.0616 e. The molecule has 3 nitrogen and oxygen atoms in total. The molecule has 0 aliphatic carbocycles. The van der Waals surface area contributed by atoms with Crippen molar-refractivity contribution in [2.45, 2.75) is 38.0 Å². The van der Waals surface area contributed by atoms with E-state index < -0.39 is 0 Å². The van der Waals surface area contributed by atoms with E-state index in [9.17, 15) is 5.11 Å². The number of hydrogen-bond donors (Lipinski definition) is 2. The van der Waals surface area contributed by atoms with Crippen molar-refractivity contribution in [2.75, 3.05) is 13.7 Å². The van der Waals surface area contributed by atoms with Crippen molar-refractivity contribution >= 4 is 0 Å². The second-order valence-electron chi connectivity index (χ2n) is 3.35. The molecule has 0 aromatic heterocycles. The molecule has 2 N–H and O–H groups in total. The molecule has 1 aliphatic rings. The molecule has 66 valence electrons. The molecule has 0 spiro atoms. The summed E-state index contributed by atoms with van der Waals surface area (Å²) in [6.07, 6.45) is 1.53. The molecule has 1 heterocycles. The quantitative estimate of drug-likeness (QED) is 0.602. The summed E-state index contributed by atoms with van der Waals surface area (Å²) >= 11 is 0. The third-order valence-electron chi connectivity index (χ3n) is 2.07. The Labute approximate surface area is 67.7 Å². The number of hydrogen-bond acceptors (Lipinski definition) is 3. The zero-order valence-electron chi connectivity index (χ0n) is 7.21. The van der Waals surface area contributed by atoms with E-state index in [1.807, 2.05) is 0 Å². The lowest BCUT2D eigenvalue weighted by atomic mass is 9.97. The molecule has 1 fully saturated rings. The van der Waals surface area contributed by atoms with Gasteiger partial charge in [-0.1, -0.05) is 0 Å². The fraction of sp³-hybridized carbons (Fsp3) is 1.00. The van der Waals surface area contributed by atoms with E-state index in [2.05, 4.69) is 12.2 Å². The van der Waals surface area contributed by atoms with Gasteiger partial charge in [-0.25, -0.2) is 0 Å². The van der Waals surface area contributed by atoms with E-state index in [-0.39, 0.29) is 6.10 Å². The molecule has 1 saturated heterocycles. The molecule has 0 radical (unpaired) electrons. The van der Waals surface area contributed by atoms with Crippen LogP contribution in [0.4, 0.5) is 0 Å². The maximum absolute atomic E-state index is 9.38. The smallest absolute Gasteiger partial charge is 0.0616 e. The SMILES string of the molecule is COCC1CC(O)CC(C)N1. The van der Waals surface area contributed by atoms with Crippen LogP contribution < -0.4 is 5.32 Å². The average Bonchev–Trinajstić information content (AvgIpc) is 1.85. The first-order chi connectivity index (χ1) is 5.22. The van der Waals surface area contributed by atoms with Gasteiger partial charge in [0.1, 0.15) is 0 Å². The molecular weight excluding hydrogens is 142 g/mol. The van der Waals surface area contributed by atoms with E-state index in [0.717, 1.165) is 12.8 Å². The minimum atomic E-state index is -0.147. The minimum Gasteiger partial charge on any atom is -0.393 e. The Kier molecular flexibility index (Phi) is 3.30. The first-order valence-corrected chi connectivity index (χ1v) is 4.15. The van der Waals surface area contributed by atoms with Gasteiger partial charge in [-0.3, -0.25) is 0 Å². The van der Waals surface area contributed by atoms with Crippen molar-refractivity contribution < 1.29 is 9.84 Å². The molecule has 1 aliphatic heterocycles. The lowest BCUT2D eigenvalue weighted by molar-refractivity contribution is 0.0654. The van der Waals surface area contributed by atoms with Crippen molar-refractivity contribution in [3.63, 3.8) is 0 Å². The number of nitrogens with one attached hydrogen (secondary N) is 1. The maximum atomic E-state index is 9.38. The highest BCUT2D eigenvalue weighted by Gasteiger charge is 2.23. The fourth-order valence-electron chi connectivity index (χ4n) is 1.69. The average molecular weight is 159 g/mol. The Bertz CT molecular complexity index is 109. The van der Waals surface area contributed by atoms with Crippen LogP contribution in [0.2, 0.25) is 0 Å². The van der Waals surface area contributed by atoms with Crippen LogP contribution in [0.1, 0.15) is 19.8 Å². The predicted molar refractivity (Wildman–Crippen MR) is 43.5 cm³/mol. The lowest BCUT2D eigenvalue weighted by Crippen LogP contribution is -2.47. The van der Waals surface area contributed by atoms with Gasteiger partial charge in [-0.15, -0.1) is 0 Å². The standard InChI is InChI=1S/C8H17NO2/c1-6-3-8(10)4-7(9-6)5-11-2/h6-10H,3-5H2,1-2H3. The van der Waals surface area contributed by atoms with E-state index in [0.29, 0.717) is 18.7 Å². The molecule has 0 amide bonds. The van der Waals surface area contributed by atoms with Crippen molar-refractivity contribution in [3.8, 4) is 0 Å². The fourth-order valence-corrected chi connectivity index (χ4v) is 1.69. The van der Waals surface area contributed by atoms with Crippen molar-refractivity contribution in [3.05, 3.63) is 0 Å². The van der Waals surface area contributed by atoms with Gasteiger partial charge in [0, 0.05) is 19.2 Å². The van der Waals surface area contributed by atoms with Crippen LogP contribution in [0.5, 0.6) is 0 Å². The van der Waals surface area contributed by atoms with E-state index in [4.69, 9.17) is 4.74 Å². The molecule has 1 rings (SSSR count). The summed E-state index contributed by atoms with van der Waals surface area (Å²) in [5.74, 6) is 0. The van der Waals surface area contributed by atoms with Gasteiger partial charge in [0.15, 0.2) is 0 Å². The highest BCUT2D eigenvalue weighted by Crippen LogP contribution is 2.13. The van der Waals surface area contributed by atoms with Gasteiger partial charge in [0.25, 0.3) is 0 Å².